The van der Waals surface area contributed by atoms with Crippen LogP contribution in [0.4, 0.5) is 0 Å². The van der Waals surface area contributed by atoms with Crippen molar-refractivity contribution in [2.45, 2.75) is 29.6 Å². The molecule has 3 atom stereocenters. The van der Waals surface area contributed by atoms with Crippen molar-refractivity contribution in [2.75, 3.05) is 6.61 Å². The summed E-state index contributed by atoms with van der Waals surface area (Å²) in [5.41, 5.74) is 3.12. The number of ether oxygens (including phenoxy) is 1. The Hall–Kier alpha value is -3.48. The van der Waals surface area contributed by atoms with E-state index in [0.717, 1.165) is 4.90 Å². The van der Waals surface area contributed by atoms with Crippen molar-refractivity contribution in [1.29, 1.82) is 0 Å². The monoisotopic (exact) mass is 561 g/mol. The third kappa shape index (κ3) is 3.41. The van der Waals surface area contributed by atoms with Crippen LogP contribution in [0.3, 0.4) is 0 Å². The highest BCUT2D eigenvalue weighted by atomic mass is 35.5. The molecule has 3 aromatic carbocycles. The Morgan fingerprint density at radius 3 is 1.59 bits per heavy atom. The van der Waals surface area contributed by atoms with Gasteiger partial charge in [0.1, 0.15) is 15.8 Å². The van der Waals surface area contributed by atoms with Gasteiger partial charge in [-0.1, -0.05) is 92.7 Å². The molecule has 0 radical (unpaired) electrons. The molecule has 0 spiro atoms. The van der Waals surface area contributed by atoms with Crippen molar-refractivity contribution in [1.82, 2.24) is 4.90 Å². The fraction of sp³-hybridized carbons (Fsp3) is 0.290. The van der Waals surface area contributed by atoms with E-state index in [0.29, 0.717) is 27.8 Å². The predicted molar refractivity (Wildman–Crippen MR) is 145 cm³/mol. The van der Waals surface area contributed by atoms with Crippen LogP contribution in [-0.4, -0.2) is 41.1 Å². The summed E-state index contributed by atoms with van der Waals surface area (Å²) in [4.78, 5) is 52.7. The van der Waals surface area contributed by atoms with Crippen LogP contribution in [0.25, 0.3) is 0 Å². The van der Waals surface area contributed by atoms with Crippen LogP contribution in [-0.2, 0) is 28.9 Å². The van der Waals surface area contributed by atoms with E-state index < -0.39 is 57.9 Å². The number of halogens is 2. The summed E-state index contributed by atoms with van der Waals surface area (Å²) >= 11 is 14.9. The van der Waals surface area contributed by atoms with Gasteiger partial charge in [-0.3, -0.25) is 19.3 Å². The zero-order chi connectivity index (χ0) is 27.7. The second-order valence-electron chi connectivity index (χ2n) is 10.6. The molecule has 0 aromatic heterocycles. The van der Waals surface area contributed by atoms with Gasteiger partial charge in [-0.05, 0) is 28.2 Å². The van der Waals surface area contributed by atoms with Crippen molar-refractivity contribution in [3.63, 3.8) is 0 Å². The largest absolute Gasteiger partial charge is 0.456 e. The van der Waals surface area contributed by atoms with Crippen LogP contribution in [0.1, 0.15) is 46.5 Å². The molecule has 0 unspecified atom stereocenters. The molecule has 1 aliphatic heterocycles. The Kier molecular flexibility index (Phi) is 5.97. The standard InChI is InChI=1S/C31H25Cl2NO5/c1-17(2)26(29(38)39-16-23(35)18-10-4-3-5-11-18)34-27(36)24-25(28(34)37)31(33)20-13-7-6-12-19(20)30(24,32)21-14-8-9-15-22(21)31/h3-15,17,24-26H,16H2,1-2H3/t24-,25+,26-,30?,31?/m0/s1. The number of likely N-dealkylation sites (tertiary alicyclic amines) is 1. The van der Waals surface area contributed by atoms with Gasteiger partial charge < -0.3 is 4.74 Å². The summed E-state index contributed by atoms with van der Waals surface area (Å²) < 4.78 is 5.39. The van der Waals surface area contributed by atoms with Gasteiger partial charge in [-0.15, -0.1) is 23.2 Å². The zero-order valence-corrected chi connectivity index (χ0v) is 22.8. The maximum Gasteiger partial charge on any atom is 0.330 e. The molecule has 0 N–H and O–H groups in total. The van der Waals surface area contributed by atoms with Crippen molar-refractivity contribution in [2.24, 2.45) is 17.8 Å². The number of hydrogen-bond donors (Lipinski definition) is 0. The number of Topliss-reactive ketones (excluding diaryl/α,β-unsaturated/α-hetero) is 1. The van der Waals surface area contributed by atoms with Gasteiger partial charge >= 0.3 is 5.97 Å². The quantitative estimate of drug-likeness (QED) is 0.182. The number of alkyl halides is 2. The van der Waals surface area contributed by atoms with Crippen molar-refractivity contribution in [3.05, 3.63) is 107 Å². The molecule has 6 nitrogen and oxygen atoms in total. The average molecular weight is 562 g/mol. The fourth-order valence-electron chi connectivity index (χ4n) is 6.57. The van der Waals surface area contributed by atoms with E-state index in [1.165, 1.54) is 0 Å². The minimum atomic E-state index is -1.34. The van der Waals surface area contributed by atoms with E-state index in [1.54, 1.807) is 44.2 Å². The summed E-state index contributed by atoms with van der Waals surface area (Å²) in [5.74, 6) is -4.88. The van der Waals surface area contributed by atoms with E-state index in [-0.39, 0.29) is 5.78 Å². The van der Waals surface area contributed by atoms with Crippen LogP contribution in [0.15, 0.2) is 78.9 Å². The van der Waals surface area contributed by atoms with E-state index in [4.69, 9.17) is 27.9 Å². The molecule has 7 rings (SSSR count). The maximum atomic E-state index is 14.2. The number of rotatable bonds is 6. The highest BCUT2D eigenvalue weighted by Gasteiger charge is 2.74. The molecule has 1 saturated heterocycles. The first-order chi connectivity index (χ1) is 18.6. The number of carbonyl (C=O) groups excluding carboxylic acids is 4. The van der Waals surface area contributed by atoms with Gasteiger partial charge in [0.05, 0.1) is 11.8 Å². The predicted octanol–water partition coefficient (Wildman–Crippen LogP) is 5.03. The SMILES string of the molecule is CC(C)[C@@H](C(=O)OCC(=O)c1ccccc1)N1C(=O)[C@@H]2[C@H](C1=O)C1(Cl)c3ccccc3C2(Cl)c2ccccc21. The second-order valence-corrected chi connectivity index (χ2v) is 11.8. The lowest BCUT2D eigenvalue weighted by Crippen LogP contribution is -2.57. The first-order valence-electron chi connectivity index (χ1n) is 12.8. The van der Waals surface area contributed by atoms with Crippen LogP contribution in [0, 0.1) is 17.8 Å². The summed E-state index contributed by atoms with van der Waals surface area (Å²) in [6.07, 6.45) is 0. The van der Waals surface area contributed by atoms with E-state index >= 15 is 0 Å². The molecule has 8 heteroatoms. The smallest absolute Gasteiger partial charge is 0.330 e. The Labute approximate surface area is 235 Å². The van der Waals surface area contributed by atoms with E-state index in [9.17, 15) is 19.2 Å². The number of ketones is 1. The summed E-state index contributed by atoms with van der Waals surface area (Å²) in [5, 5.41) is 0. The molecule has 198 valence electrons. The van der Waals surface area contributed by atoms with Crippen LogP contribution in [0.2, 0.25) is 0 Å². The summed E-state index contributed by atoms with van der Waals surface area (Å²) in [7, 11) is 0. The second kappa shape index (κ2) is 9.04. The Morgan fingerprint density at radius 1 is 0.769 bits per heavy atom. The molecule has 2 amide bonds. The number of hydrogen-bond acceptors (Lipinski definition) is 5. The average Bonchev–Trinajstić information content (AvgIpc) is 3.21. The summed E-state index contributed by atoms with van der Waals surface area (Å²) in [6, 6.07) is 21.9. The molecule has 2 bridgehead atoms. The molecule has 39 heavy (non-hydrogen) atoms. The minimum Gasteiger partial charge on any atom is -0.456 e. The number of amides is 2. The molecule has 4 aliphatic rings. The lowest BCUT2D eigenvalue weighted by atomic mass is 9.54. The van der Waals surface area contributed by atoms with Crippen molar-refractivity contribution < 1.29 is 23.9 Å². The van der Waals surface area contributed by atoms with E-state index in [2.05, 4.69) is 0 Å². The highest BCUT2D eigenvalue weighted by Crippen LogP contribution is 2.69. The minimum absolute atomic E-state index is 0.387. The Bertz CT molecular complexity index is 1410. The van der Waals surface area contributed by atoms with Gasteiger partial charge in [-0.25, -0.2) is 4.79 Å². The van der Waals surface area contributed by atoms with Crippen LogP contribution in [0.5, 0.6) is 0 Å². The molecule has 3 aromatic rings. The number of esters is 1. The van der Waals surface area contributed by atoms with Gasteiger partial charge in [-0.2, -0.15) is 0 Å². The molecule has 3 aliphatic carbocycles. The van der Waals surface area contributed by atoms with Crippen LogP contribution >= 0.6 is 23.2 Å². The lowest BCUT2D eigenvalue weighted by molar-refractivity contribution is -0.160. The van der Waals surface area contributed by atoms with Gasteiger partial charge in [0.2, 0.25) is 11.8 Å². The molecule has 1 fully saturated rings. The highest BCUT2D eigenvalue weighted by molar-refractivity contribution is 6.36. The molecule has 0 saturated carbocycles. The molecule has 1 heterocycles. The van der Waals surface area contributed by atoms with Gasteiger partial charge in [0.15, 0.2) is 12.4 Å². The van der Waals surface area contributed by atoms with Crippen LogP contribution < -0.4 is 0 Å². The third-order valence-electron chi connectivity index (χ3n) is 8.21. The van der Waals surface area contributed by atoms with Gasteiger partial charge in [0, 0.05) is 5.56 Å². The maximum absolute atomic E-state index is 14.2. The number of benzene rings is 3. The fourth-order valence-corrected chi connectivity index (χ4v) is 7.67. The Morgan fingerprint density at radius 2 is 1.18 bits per heavy atom. The van der Waals surface area contributed by atoms with E-state index in [1.807, 2.05) is 48.5 Å². The first-order valence-corrected chi connectivity index (χ1v) is 13.6. The zero-order valence-electron chi connectivity index (χ0n) is 21.3. The number of nitrogens with zero attached hydrogens (tertiary/aromatic N) is 1. The topological polar surface area (TPSA) is 80.8 Å². The first kappa shape index (κ1) is 25.8. The van der Waals surface area contributed by atoms with Gasteiger partial charge in [0.25, 0.3) is 0 Å². The molecular weight excluding hydrogens is 537 g/mol. The number of carbonyl (C=O) groups is 4. The normalized spacial score (nSPS) is 27.2. The third-order valence-corrected chi connectivity index (χ3v) is 9.50. The molecular formula is C31H25Cl2NO5. The van der Waals surface area contributed by atoms with Crippen molar-refractivity contribution >= 4 is 46.8 Å². The van der Waals surface area contributed by atoms with Crippen molar-refractivity contribution in [3.8, 4) is 0 Å². The number of imide groups is 1. The lowest BCUT2D eigenvalue weighted by Gasteiger charge is -2.54. The Balaban J connectivity index is 1.39. The summed E-state index contributed by atoms with van der Waals surface area (Å²) in [6.45, 7) is 2.93.